The molecule has 0 aliphatic heterocycles. The first-order valence-corrected chi connectivity index (χ1v) is 10.8. The van der Waals surface area contributed by atoms with E-state index in [1.165, 1.54) is 6.07 Å². The van der Waals surface area contributed by atoms with Crippen LogP contribution < -0.4 is 21.5 Å². The number of hydrogen-bond donors (Lipinski definition) is 3. The number of allylic oxidation sites excluding steroid dienone is 1. The molecule has 180 valence electrons. The lowest BCUT2D eigenvalue weighted by atomic mass is 9.97. The van der Waals surface area contributed by atoms with E-state index in [0.29, 0.717) is 29.8 Å². The average Bonchev–Trinajstić information content (AvgIpc) is 2.77. The smallest absolute Gasteiger partial charge is 0.201 e. The Bertz CT molecular complexity index is 1030. The summed E-state index contributed by atoms with van der Waals surface area (Å²) in [6.45, 7) is 4.37. The lowest BCUT2D eigenvalue weighted by molar-refractivity contribution is 0.301. The molecular formula is C25H35F2N5O. The van der Waals surface area contributed by atoms with Gasteiger partial charge in [0.1, 0.15) is 0 Å². The Balaban J connectivity index is 2.44. The second kappa shape index (κ2) is 11.8. The van der Waals surface area contributed by atoms with Gasteiger partial charge in [-0.3, -0.25) is 4.99 Å². The predicted molar refractivity (Wildman–Crippen MR) is 133 cm³/mol. The van der Waals surface area contributed by atoms with E-state index < -0.39 is 11.6 Å². The van der Waals surface area contributed by atoms with Crippen molar-refractivity contribution in [2.75, 3.05) is 46.7 Å². The van der Waals surface area contributed by atoms with E-state index in [1.54, 1.807) is 14.0 Å². The van der Waals surface area contributed by atoms with Gasteiger partial charge >= 0.3 is 0 Å². The first-order valence-electron chi connectivity index (χ1n) is 10.8. The van der Waals surface area contributed by atoms with E-state index in [0.717, 1.165) is 28.6 Å². The number of rotatable bonds is 10. The number of nitrogens with one attached hydrogen (secondary N) is 1. The maximum atomic E-state index is 14.8. The van der Waals surface area contributed by atoms with E-state index in [2.05, 4.69) is 10.3 Å². The fourth-order valence-electron chi connectivity index (χ4n) is 3.71. The third-order valence-electron chi connectivity index (χ3n) is 5.49. The highest BCUT2D eigenvalue weighted by Crippen LogP contribution is 2.37. The summed E-state index contributed by atoms with van der Waals surface area (Å²) in [6, 6.07) is 7.96. The summed E-state index contributed by atoms with van der Waals surface area (Å²) in [6.07, 6.45) is 0.415. The second-order valence-electron chi connectivity index (χ2n) is 8.23. The maximum absolute atomic E-state index is 14.8. The molecule has 8 heteroatoms. The molecule has 2 aromatic carbocycles. The van der Waals surface area contributed by atoms with E-state index >= 15 is 0 Å². The van der Waals surface area contributed by atoms with Crippen LogP contribution in [-0.2, 0) is 0 Å². The molecule has 0 amide bonds. The van der Waals surface area contributed by atoms with Gasteiger partial charge in [0.15, 0.2) is 11.6 Å². The summed E-state index contributed by atoms with van der Waals surface area (Å²) in [4.78, 5) is 6.16. The second-order valence-corrected chi connectivity index (χ2v) is 8.23. The molecule has 0 heterocycles. The van der Waals surface area contributed by atoms with E-state index in [4.69, 9.17) is 16.2 Å². The molecule has 2 aromatic rings. The van der Waals surface area contributed by atoms with Gasteiger partial charge in [-0.1, -0.05) is 6.07 Å². The van der Waals surface area contributed by atoms with Gasteiger partial charge in [0.25, 0.3) is 0 Å². The molecule has 0 saturated carbocycles. The minimum Gasteiger partial charge on any atom is -0.489 e. The topological polar surface area (TPSA) is 88.9 Å². The normalized spacial score (nSPS) is 13.7. The molecule has 0 saturated heterocycles. The van der Waals surface area contributed by atoms with E-state index in [-0.39, 0.29) is 18.4 Å². The van der Waals surface area contributed by atoms with Crippen molar-refractivity contribution >= 4 is 11.4 Å². The molecule has 6 nitrogen and oxygen atoms in total. The Hall–Kier alpha value is -2.97. The maximum Gasteiger partial charge on any atom is 0.201 e. The summed E-state index contributed by atoms with van der Waals surface area (Å²) < 4.78 is 34.7. The summed E-state index contributed by atoms with van der Waals surface area (Å²) in [7, 11) is 7.39. The zero-order valence-electron chi connectivity index (χ0n) is 20.3. The highest BCUT2D eigenvalue weighted by molar-refractivity contribution is 5.98. The molecule has 5 N–H and O–H groups in total. The Morgan fingerprint density at radius 3 is 2.45 bits per heavy atom. The summed E-state index contributed by atoms with van der Waals surface area (Å²) >= 11 is 0. The van der Waals surface area contributed by atoms with Crippen molar-refractivity contribution < 1.29 is 13.5 Å². The number of nitrogens with two attached hydrogens (primary N) is 2. The Kier molecular flexibility index (Phi) is 9.37. The highest BCUT2D eigenvalue weighted by atomic mass is 19.2. The number of aliphatic imine (C=N–C) groups is 1. The van der Waals surface area contributed by atoms with Gasteiger partial charge in [0.2, 0.25) is 5.82 Å². The van der Waals surface area contributed by atoms with Crippen LogP contribution in [-0.4, -0.2) is 52.0 Å². The lowest BCUT2D eigenvalue weighted by Crippen LogP contribution is -2.26. The van der Waals surface area contributed by atoms with Gasteiger partial charge in [-0.15, -0.1) is 0 Å². The zero-order chi connectivity index (χ0) is 24.7. The fraction of sp³-hybridized carbons (Fsp3) is 0.400. The first-order chi connectivity index (χ1) is 15.6. The van der Waals surface area contributed by atoms with Crippen molar-refractivity contribution in [1.29, 1.82) is 0 Å². The largest absolute Gasteiger partial charge is 0.489 e. The van der Waals surface area contributed by atoms with Crippen LogP contribution in [0.3, 0.4) is 0 Å². The van der Waals surface area contributed by atoms with Gasteiger partial charge < -0.3 is 26.4 Å². The fourth-order valence-corrected chi connectivity index (χ4v) is 3.71. The molecule has 0 bridgehead atoms. The first kappa shape index (κ1) is 26.3. The van der Waals surface area contributed by atoms with Gasteiger partial charge in [0, 0.05) is 55.8 Å². The van der Waals surface area contributed by atoms with Crippen LogP contribution >= 0.6 is 0 Å². The number of nitrogens with zero attached hydrogens (tertiary/aromatic N) is 2. The summed E-state index contributed by atoms with van der Waals surface area (Å²) in [5.74, 6) is -2.14. The van der Waals surface area contributed by atoms with Crippen molar-refractivity contribution in [3.63, 3.8) is 0 Å². The van der Waals surface area contributed by atoms with Crippen LogP contribution in [0.15, 0.2) is 46.6 Å². The van der Waals surface area contributed by atoms with Crippen molar-refractivity contribution in [1.82, 2.24) is 4.90 Å². The molecular weight excluding hydrogens is 424 g/mol. The van der Waals surface area contributed by atoms with Crippen molar-refractivity contribution in [2.45, 2.75) is 26.3 Å². The summed E-state index contributed by atoms with van der Waals surface area (Å²) in [5, 5.41) is 3.14. The number of halogens is 2. The SMILES string of the molecule is CN=C(C)/C(CCOc1c(-c2ccc(NC)c(C(N)CN(C)C)c2)ccc(F)c1F)=C(/C)N. The molecule has 2 rings (SSSR count). The zero-order valence-corrected chi connectivity index (χ0v) is 20.3. The van der Waals surface area contributed by atoms with Crippen LogP contribution in [0.1, 0.15) is 31.9 Å². The van der Waals surface area contributed by atoms with Crippen LogP contribution in [0.5, 0.6) is 5.75 Å². The predicted octanol–water partition coefficient (Wildman–Crippen LogP) is 4.33. The van der Waals surface area contributed by atoms with Crippen LogP contribution in [0, 0.1) is 11.6 Å². The third kappa shape index (κ3) is 6.52. The monoisotopic (exact) mass is 459 g/mol. The third-order valence-corrected chi connectivity index (χ3v) is 5.49. The number of anilines is 1. The van der Waals surface area contributed by atoms with Crippen molar-refractivity contribution in [2.24, 2.45) is 16.5 Å². The standard InChI is InChI=1S/C25H35F2N5O/c1-15(28)18(16(2)30-3)11-12-33-25-19(8-9-21(26)24(25)27)17-7-10-23(31-4)20(13-17)22(29)14-32(5)6/h7-10,13,22,31H,11-12,14,28-29H2,1-6H3/b18-15-,30-16?. The van der Waals surface area contributed by atoms with Crippen LogP contribution in [0.25, 0.3) is 11.1 Å². The molecule has 0 aliphatic rings. The van der Waals surface area contributed by atoms with Crippen LogP contribution in [0.2, 0.25) is 0 Å². The lowest BCUT2D eigenvalue weighted by Gasteiger charge is -2.21. The number of ether oxygens (including phenoxy) is 1. The Morgan fingerprint density at radius 2 is 1.88 bits per heavy atom. The average molecular weight is 460 g/mol. The molecule has 0 radical (unpaired) electrons. The number of hydrogen-bond acceptors (Lipinski definition) is 6. The minimum atomic E-state index is -1.03. The van der Waals surface area contributed by atoms with Gasteiger partial charge in [-0.2, -0.15) is 4.39 Å². The molecule has 0 fully saturated rings. The number of benzene rings is 2. The molecule has 0 aliphatic carbocycles. The molecule has 0 aromatic heterocycles. The molecule has 33 heavy (non-hydrogen) atoms. The van der Waals surface area contributed by atoms with Gasteiger partial charge in [-0.05, 0) is 68.9 Å². The van der Waals surface area contributed by atoms with Crippen LogP contribution in [0.4, 0.5) is 14.5 Å². The molecule has 0 spiro atoms. The minimum absolute atomic E-state index is 0.117. The Labute approximate surface area is 195 Å². The van der Waals surface area contributed by atoms with Crippen molar-refractivity contribution in [3.05, 3.63) is 58.8 Å². The van der Waals surface area contributed by atoms with E-state index in [1.807, 2.05) is 51.2 Å². The van der Waals surface area contributed by atoms with Crippen molar-refractivity contribution in [3.8, 4) is 16.9 Å². The van der Waals surface area contributed by atoms with Gasteiger partial charge in [0.05, 0.1) is 6.61 Å². The molecule has 1 unspecified atom stereocenters. The summed E-state index contributed by atoms with van der Waals surface area (Å²) in [5.41, 5.74) is 17.5. The number of likely N-dealkylation sites (N-methyl/N-ethyl adjacent to an activating group) is 1. The quantitative estimate of drug-likeness (QED) is 0.460. The Morgan fingerprint density at radius 1 is 1.18 bits per heavy atom. The highest BCUT2D eigenvalue weighted by Gasteiger charge is 2.19. The van der Waals surface area contributed by atoms with Gasteiger partial charge in [-0.25, -0.2) is 4.39 Å². The molecule has 1 atom stereocenters. The van der Waals surface area contributed by atoms with E-state index in [9.17, 15) is 8.78 Å².